The van der Waals surface area contributed by atoms with Crippen LogP contribution in [0.3, 0.4) is 0 Å². The lowest BCUT2D eigenvalue weighted by molar-refractivity contribution is -0.126. The van der Waals surface area contributed by atoms with Crippen LogP contribution in [0.1, 0.15) is 52.1 Å². The monoisotopic (exact) mass is 426 g/mol. The Morgan fingerprint density at radius 2 is 1.86 bits per heavy atom. The average Bonchev–Trinajstić information content (AvgIpc) is 2.71. The molecule has 0 aliphatic carbocycles. The summed E-state index contributed by atoms with van der Waals surface area (Å²) in [6, 6.07) is 5.50. The Morgan fingerprint density at radius 3 is 2.41 bits per heavy atom. The number of nitrogens with zero attached hydrogens (tertiary/aromatic N) is 1. The first-order valence-electron chi connectivity index (χ1n) is 10.3. The Bertz CT molecular complexity index is 786. The molecule has 0 saturated carbocycles. The van der Waals surface area contributed by atoms with Crippen molar-refractivity contribution in [3.8, 4) is 11.5 Å². The molecule has 1 fully saturated rings. The van der Waals surface area contributed by atoms with Crippen LogP contribution in [0, 0.1) is 11.8 Å². The van der Waals surface area contributed by atoms with E-state index in [-0.39, 0.29) is 23.6 Å². The highest BCUT2D eigenvalue weighted by molar-refractivity contribution is 7.89. The van der Waals surface area contributed by atoms with Crippen molar-refractivity contribution < 1.29 is 22.7 Å². The number of nitrogens with one attached hydrogen (secondary N) is 1. The molecular weight excluding hydrogens is 392 g/mol. The zero-order valence-electron chi connectivity index (χ0n) is 18.1. The van der Waals surface area contributed by atoms with Gasteiger partial charge in [-0.05, 0) is 50.3 Å². The van der Waals surface area contributed by atoms with E-state index in [9.17, 15) is 13.2 Å². The lowest BCUT2D eigenvalue weighted by Crippen LogP contribution is -2.43. The van der Waals surface area contributed by atoms with Crippen LogP contribution in [0.4, 0.5) is 0 Å². The first-order chi connectivity index (χ1) is 13.7. The number of sulfonamides is 1. The number of amides is 1. The molecule has 0 spiro atoms. The van der Waals surface area contributed by atoms with Crippen LogP contribution < -0.4 is 14.8 Å². The number of carbonyl (C=O) groups is 1. The molecule has 0 unspecified atom stereocenters. The third kappa shape index (κ3) is 6.34. The van der Waals surface area contributed by atoms with Gasteiger partial charge in [0, 0.05) is 19.0 Å². The lowest BCUT2D eigenvalue weighted by Gasteiger charge is -2.31. The molecule has 0 bridgehead atoms. The number of methoxy groups -OCH3 is 1. The first kappa shape index (κ1) is 23.5. The van der Waals surface area contributed by atoms with E-state index < -0.39 is 10.0 Å². The van der Waals surface area contributed by atoms with Gasteiger partial charge in [0.2, 0.25) is 15.9 Å². The van der Waals surface area contributed by atoms with Crippen LogP contribution in [-0.2, 0) is 14.8 Å². The summed E-state index contributed by atoms with van der Waals surface area (Å²) in [7, 11) is -1.58. The second-order valence-corrected chi connectivity index (χ2v) is 10.2. The topological polar surface area (TPSA) is 84.9 Å². The minimum absolute atomic E-state index is 0.0369. The zero-order valence-corrected chi connectivity index (χ0v) is 18.9. The normalized spacial score (nSPS) is 17.2. The van der Waals surface area contributed by atoms with Gasteiger partial charge < -0.3 is 14.8 Å². The average molecular weight is 427 g/mol. The maximum absolute atomic E-state index is 12.7. The highest BCUT2D eigenvalue weighted by atomic mass is 32.2. The van der Waals surface area contributed by atoms with Crippen molar-refractivity contribution in [2.75, 3.05) is 32.6 Å². The van der Waals surface area contributed by atoms with Crippen molar-refractivity contribution in [2.24, 2.45) is 11.8 Å². The number of ether oxygens (including phenoxy) is 2. The molecule has 1 aliphatic heterocycles. The summed E-state index contributed by atoms with van der Waals surface area (Å²) < 4.78 is 36.6. The van der Waals surface area contributed by atoms with Crippen molar-refractivity contribution in [1.82, 2.24) is 9.62 Å². The van der Waals surface area contributed by atoms with Gasteiger partial charge in [-0.2, -0.15) is 0 Å². The summed E-state index contributed by atoms with van der Waals surface area (Å²) in [6.07, 6.45) is 1.09. The molecule has 8 heteroatoms. The SMILES string of the molecule is CCS(=O)(=O)N1CCC(C(=O)N[C@@H](C)c2ccc(OCC(C)C)c(OC)c2)CC1. The number of piperidine rings is 1. The van der Waals surface area contributed by atoms with Gasteiger partial charge in [0.25, 0.3) is 0 Å². The molecule has 1 atom stereocenters. The fourth-order valence-corrected chi connectivity index (χ4v) is 4.45. The summed E-state index contributed by atoms with van der Waals surface area (Å²) in [6.45, 7) is 9.15. The van der Waals surface area contributed by atoms with Gasteiger partial charge in [0.1, 0.15) is 0 Å². The molecule has 1 aliphatic rings. The minimum Gasteiger partial charge on any atom is -0.493 e. The van der Waals surface area contributed by atoms with Crippen LogP contribution in [0.2, 0.25) is 0 Å². The Hall–Kier alpha value is -1.80. The first-order valence-corrected chi connectivity index (χ1v) is 11.9. The molecule has 1 heterocycles. The Labute approximate surface area is 174 Å². The standard InChI is InChI=1S/C21H34N2O5S/c1-6-29(25,26)23-11-9-17(10-12-23)21(24)22-16(4)18-7-8-19(20(13-18)27-5)28-14-15(2)3/h7-8,13,15-17H,6,9-12,14H2,1-5H3,(H,22,24)/t16-/m0/s1. The van der Waals surface area contributed by atoms with Crippen LogP contribution in [0.5, 0.6) is 11.5 Å². The van der Waals surface area contributed by atoms with E-state index in [4.69, 9.17) is 9.47 Å². The quantitative estimate of drug-likeness (QED) is 0.656. The molecule has 29 heavy (non-hydrogen) atoms. The zero-order chi connectivity index (χ0) is 21.6. The molecule has 1 aromatic rings. The summed E-state index contributed by atoms with van der Waals surface area (Å²) in [5.74, 6) is 1.63. The van der Waals surface area contributed by atoms with Crippen LogP contribution in [-0.4, -0.2) is 51.2 Å². The summed E-state index contributed by atoms with van der Waals surface area (Å²) in [5, 5.41) is 3.05. The lowest BCUT2D eigenvalue weighted by atomic mass is 9.96. The van der Waals surface area contributed by atoms with Crippen LogP contribution >= 0.6 is 0 Å². The maximum Gasteiger partial charge on any atom is 0.223 e. The highest BCUT2D eigenvalue weighted by Crippen LogP contribution is 2.31. The van der Waals surface area contributed by atoms with Crippen LogP contribution in [0.25, 0.3) is 0 Å². The van der Waals surface area contributed by atoms with E-state index in [0.29, 0.717) is 50.0 Å². The van der Waals surface area contributed by atoms with Gasteiger partial charge in [0.05, 0.1) is 25.5 Å². The predicted octanol–water partition coefficient (Wildman–Crippen LogP) is 2.97. The van der Waals surface area contributed by atoms with Gasteiger partial charge in [-0.3, -0.25) is 4.79 Å². The van der Waals surface area contributed by atoms with Crippen molar-refractivity contribution in [1.29, 1.82) is 0 Å². The van der Waals surface area contributed by atoms with E-state index in [1.54, 1.807) is 14.0 Å². The van der Waals surface area contributed by atoms with Gasteiger partial charge in [-0.1, -0.05) is 19.9 Å². The largest absolute Gasteiger partial charge is 0.493 e. The molecule has 1 aromatic carbocycles. The number of carbonyl (C=O) groups excluding carboxylic acids is 1. The van der Waals surface area contributed by atoms with Gasteiger partial charge in [-0.15, -0.1) is 0 Å². The fraction of sp³-hybridized carbons (Fsp3) is 0.667. The molecule has 0 radical (unpaired) electrons. The second kappa shape index (κ2) is 10.3. The van der Waals surface area contributed by atoms with E-state index in [1.165, 1.54) is 4.31 Å². The van der Waals surface area contributed by atoms with E-state index in [1.807, 2.05) is 25.1 Å². The second-order valence-electron chi connectivity index (χ2n) is 7.92. The van der Waals surface area contributed by atoms with Gasteiger partial charge in [0.15, 0.2) is 11.5 Å². The molecule has 2 rings (SSSR count). The van der Waals surface area contributed by atoms with Crippen molar-refractivity contribution in [3.05, 3.63) is 23.8 Å². The summed E-state index contributed by atoms with van der Waals surface area (Å²) >= 11 is 0. The number of hydrogen-bond donors (Lipinski definition) is 1. The van der Waals surface area contributed by atoms with Crippen molar-refractivity contribution in [2.45, 2.75) is 46.6 Å². The van der Waals surface area contributed by atoms with Gasteiger partial charge >= 0.3 is 0 Å². The Balaban J connectivity index is 1.96. The molecule has 0 aromatic heterocycles. The van der Waals surface area contributed by atoms with Gasteiger partial charge in [-0.25, -0.2) is 12.7 Å². The minimum atomic E-state index is -3.18. The molecule has 1 saturated heterocycles. The van der Waals surface area contributed by atoms with Crippen molar-refractivity contribution >= 4 is 15.9 Å². The molecule has 164 valence electrons. The Morgan fingerprint density at radius 1 is 1.21 bits per heavy atom. The van der Waals surface area contributed by atoms with Crippen LogP contribution in [0.15, 0.2) is 18.2 Å². The summed E-state index contributed by atoms with van der Waals surface area (Å²) in [5.41, 5.74) is 0.929. The molecule has 1 amide bonds. The van der Waals surface area contributed by atoms with Crippen molar-refractivity contribution in [3.63, 3.8) is 0 Å². The number of benzene rings is 1. The summed E-state index contributed by atoms with van der Waals surface area (Å²) in [4.78, 5) is 12.7. The van der Waals surface area contributed by atoms with E-state index in [2.05, 4.69) is 19.2 Å². The number of hydrogen-bond acceptors (Lipinski definition) is 5. The smallest absolute Gasteiger partial charge is 0.223 e. The molecule has 1 N–H and O–H groups in total. The van der Waals surface area contributed by atoms with E-state index >= 15 is 0 Å². The molecular formula is C21H34N2O5S. The predicted molar refractivity (Wildman–Crippen MR) is 114 cm³/mol. The van der Waals surface area contributed by atoms with E-state index in [0.717, 1.165) is 5.56 Å². The maximum atomic E-state index is 12.7. The fourth-order valence-electron chi connectivity index (χ4n) is 3.32. The molecule has 7 nitrogen and oxygen atoms in total. The third-order valence-corrected chi connectivity index (χ3v) is 7.08. The third-order valence-electron chi connectivity index (χ3n) is 5.20. The Kier molecular flexibility index (Phi) is 8.34. The number of rotatable bonds is 9. The highest BCUT2D eigenvalue weighted by Gasteiger charge is 2.30.